The number of hydrogen-bond acceptors (Lipinski definition) is 3. The van der Waals surface area contributed by atoms with Gasteiger partial charge in [0.1, 0.15) is 5.82 Å². The van der Waals surface area contributed by atoms with Crippen LogP contribution in [-0.4, -0.2) is 9.91 Å². The highest BCUT2D eigenvalue weighted by atomic mass is 79.9. The van der Waals surface area contributed by atoms with Gasteiger partial charge in [0, 0.05) is 16.7 Å². The van der Waals surface area contributed by atoms with Crippen molar-refractivity contribution in [2.75, 3.05) is 0 Å². The first-order valence-electron chi connectivity index (χ1n) is 4.93. The van der Waals surface area contributed by atoms with Crippen LogP contribution in [0.4, 0.5) is 10.1 Å². The summed E-state index contributed by atoms with van der Waals surface area (Å²) in [5.74, 6) is -0.688. The third kappa shape index (κ3) is 2.66. The number of nitrogens with one attached hydrogen (secondary N) is 1. The Morgan fingerprint density at radius 1 is 1.32 bits per heavy atom. The van der Waals surface area contributed by atoms with Crippen LogP contribution in [-0.2, 0) is 0 Å². The van der Waals surface area contributed by atoms with E-state index in [0.29, 0.717) is 0 Å². The molecule has 2 aromatic rings. The second-order valence-electron chi connectivity index (χ2n) is 3.59. The van der Waals surface area contributed by atoms with E-state index < -0.39 is 16.3 Å². The molecule has 1 N–H and O–H groups in total. The molecule has 0 saturated carbocycles. The Balaban J connectivity index is 2.75. The maximum Gasteiger partial charge on any atom is 0.300 e. The van der Waals surface area contributed by atoms with Gasteiger partial charge in [0.15, 0.2) is 4.60 Å². The number of nitro groups is 1. The second-order valence-corrected chi connectivity index (χ2v) is 4.82. The molecule has 5 nitrogen and oxygen atoms in total. The molecule has 19 heavy (non-hydrogen) atoms. The van der Waals surface area contributed by atoms with Crippen molar-refractivity contribution in [3.05, 3.63) is 60.2 Å². The lowest BCUT2D eigenvalue weighted by atomic mass is 10.1. The Kier molecular flexibility index (Phi) is 3.68. The number of aromatic amines is 1. The first kappa shape index (κ1) is 13.7. The van der Waals surface area contributed by atoms with Crippen molar-refractivity contribution < 1.29 is 9.31 Å². The fourth-order valence-corrected chi connectivity index (χ4v) is 2.14. The number of nitrogens with zero attached hydrogens (tertiary/aromatic N) is 1. The van der Waals surface area contributed by atoms with Crippen LogP contribution in [0.25, 0.3) is 11.1 Å². The van der Waals surface area contributed by atoms with Gasteiger partial charge in [-0.2, -0.15) is 0 Å². The zero-order chi connectivity index (χ0) is 14.2. The fraction of sp³-hybridized carbons (Fsp3) is 0. The van der Waals surface area contributed by atoms with E-state index in [1.54, 1.807) is 0 Å². The number of H-pyrrole nitrogens is 1. The SMILES string of the molecule is O=c1[nH]c(Br)c([N+](=O)[O-])cc1-c1cc(Cl)ccc1F. The molecular formula is C11H5BrClFN2O3. The van der Waals surface area contributed by atoms with Gasteiger partial charge in [-0.3, -0.25) is 14.9 Å². The summed E-state index contributed by atoms with van der Waals surface area (Å²) in [6.45, 7) is 0. The predicted molar refractivity (Wildman–Crippen MR) is 71.8 cm³/mol. The molecule has 1 aromatic carbocycles. The number of benzene rings is 1. The summed E-state index contributed by atoms with van der Waals surface area (Å²) in [6, 6.07) is 4.64. The van der Waals surface area contributed by atoms with Gasteiger partial charge in [-0.1, -0.05) is 11.6 Å². The maximum absolute atomic E-state index is 13.7. The molecule has 0 fully saturated rings. The molecule has 2 rings (SSSR count). The molecule has 1 aromatic heterocycles. The number of pyridine rings is 1. The van der Waals surface area contributed by atoms with E-state index in [-0.39, 0.29) is 26.4 Å². The fourth-order valence-electron chi connectivity index (χ4n) is 1.53. The second kappa shape index (κ2) is 5.10. The number of halogens is 3. The quantitative estimate of drug-likeness (QED) is 0.513. The third-order valence-electron chi connectivity index (χ3n) is 2.39. The summed E-state index contributed by atoms with van der Waals surface area (Å²) in [6.07, 6.45) is 0. The lowest BCUT2D eigenvalue weighted by Crippen LogP contribution is -2.11. The van der Waals surface area contributed by atoms with E-state index in [4.69, 9.17) is 11.6 Å². The third-order valence-corrected chi connectivity index (χ3v) is 3.23. The van der Waals surface area contributed by atoms with Crippen LogP contribution < -0.4 is 5.56 Å². The van der Waals surface area contributed by atoms with Gasteiger partial charge >= 0.3 is 5.69 Å². The molecule has 8 heteroatoms. The van der Waals surface area contributed by atoms with E-state index in [1.165, 1.54) is 12.1 Å². The molecule has 0 bridgehead atoms. The Morgan fingerprint density at radius 2 is 2.00 bits per heavy atom. The van der Waals surface area contributed by atoms with Crippen molar-refractivity contribution in [2.45, 2.75) is 0 Å². The van der Waals surface area contributed by atoms with E-state index >= 15 is 0 Å². The van der Waals surface area contributed by atoms with Gasteiger partial charge in [0.05, 0.1) is 10.5 Å². The smallest absolute Gasteiger partial charge is 0.300 e. The summed E-state index contributed by atoms with van der Waals surface area (Å²) in [7, 11) is 0. The summed E-state index contributed by atoms with van der Waals surface area (Å²) in [5, 5.41) is 11.0. The van der Waals surface area contributed by atoms with E-state index in [2.05, 4.69) is 20.9 Å². The zero-order valence-electron chi connectivity index (χ0n) is 9.12. The van der Waals surface area contributed by atoms with Gasteiger partial charge in [0.2, 0.25) is 0 Å². The Hall–Kier alpha value is -1.73. The maximum atomic E-state index is 13.7. The van der Waals surface area contributed by atoms with Crippen LogP contribution in [0.15, 0.2) is 33.7 Å². The Labute approximate surface area is 119 Å². The summed E-state index contributed by atoms with van der Waals surface area (Å²) in [4.78, 5) is 24.1. The highest BCUT2D eigenvalue weighted by Gasteiger charge is 2.19. The van der Waals surface area contributed by atoms with Crippen LogP contribution in [0, 0.1) is 15.9 Å². The standard InChI is InChI=1S/C11H5BrClFN2O3/c12-10-9(16(18)19)4-7(11(17)15-10)6-3-5(13)1-2-8(6)14/h1-4H,(H,15,17). The van der Waals surface area contributed by atoms with Crippen molar-refractivity contribution in [3.8, 4) is 11.1 Å². The predicted octanol–water partition coefficient (Wildman–Crippen LogP) is 3.51. The van der Waals surface area contributed by atoms with Gasteiger partial charge in [-0.15, -0.1) is 0 Å². The number of hydrogen-bond donors (Lipinski definition) is 1. The molecule has 0 radical (unpaired) electrons. The van der Waals surface area contributed by atoms with Crippen LogP contribution in [0.2, 0.25) is 5.02 Å². The summed E-state index contributed by atoms with van der Waals surface area (Å²) < 4.78 is 13.6. The van der Waals surface area contributed by atoms with E-state index in [1.807, 2.05) is 0 Å². The summed E-state index contributed by atoms with van der Waals surface area (Å²) >= 11 is 8.60. The molecule has 0 aliphatic rings. The topological polar surface area (TPSA) is 76.0 Å². The minimum absolute atomic E-state index is 0.0753. The molecule has 0 aliphatic heterocycles. The molecular weight excluding hydrogens is 342 g/mol. The first-order valence-corrected chi connectivity index (χ1v) is 6.10. The lowest BCUT2D eigenvalue weighted by molar-refractivity contribution is -0.386. The largest absolute Gasteiger partial charge is 0.310 e. The molecule has 98 valence electrons. The van der Waals surface area contributed by atoms with Gasteiger partial charge in [-0.05, 0) is 34.1 Å². The molecule has 0 aliphatic carbocycles. The molecule has 0 saturated heterocycles. The normalized spacial score (nSPS) is 10.5. The Bertz CT molecular complexity index is 732. The van der Waals surface area contributed by atoms with Crippen LogP contribution in [0.1, 0.15) is 0 Å². The Morgan fingerprint density at radius 3 is 2.63 bits per heavy atom. The highest BCUT2D eigenvalue weighted by Crippen LogP contribution is 2.28. The minimum Gasteiger partial charge on any atom is -0.310 e. The van der Waals surface area contributed by atoms with Crippen molar-refractivity contribution in [1.29, 1.82) is 0 Å². The summed E-state index contributed by atoms with van der Waals surface area (Å²) in [5.41, 5.74) is -1.27. The van der Waals surface area contributed by atoms with Crippen molar-refractivity contribution in [2.24, 2.45) is 0 Å². The first-order chi connectivity index (χ1) is 8.90. The molecule has 0 spiro atoms. The van der Waals surface area contributed by atoms with Crippen LogP contribution in [0.3, 0.4) is 0 Å². The molecule has 0 amide bonds. The van der Waals surface area contributed by atoms with Gasteiger partial charge in [-0.25, -0.2) is 4.39 Å². The molecule has 1 heterocycles. The number of aromatic nitrogens is 1. The van der Waals surface area contributed by atoms with Crippen LogP contribution in [0.5, 0.6) is 0 Å². The average molecular weight is 348 g/mol. The zero-order valence-corrected chi connectivity index (χ0v) is 11.5. The molecule has 0 atom stereocenters. The monoisotopic (exact) mass is 346 g/mol. The number of rotatable bonds is 2. The minimum atomic E-state index is -0.689. The van der Waals surface area contributed by atoms with Crippen LogP contribution >= 0.6 is 27.5 Å². The van der Waals surface area contributed by atoms with Crippen molar-refractivity contribution in [1.82, 2.24) is 4.98 Å². The van der Waals surface area contributed by atoms with E-state index in [9.17, 15) is 19.3 Å². The van der Waals surface area contributed by atoms with Gasteiger partial charge in [0.25, 0.3) is 5.56 Å². The van der Waals surface area contributed by atoms with Gasteiger partial charge < -0.3 is 4.98 Å². The van der Waals surface area contributed by atoms with Crippen molar-refractivity contribution >= 4 is 33.2 Å². The highest BCUT2D eigenvalue weighted by molar-refractivity contribution is 9.10. The lowest BCUT2D eigenvalue weighted by Gasteiger charge is -2.04. The average Bonchev–Trinajstić information content (AvgIpc) is 2.32. The van der Waals surface area contributed by atoms with Crippen molar-refractivity contribution in [3.63, 3.8) is 0 Å². The van der Waals surface area contributed by atoms with E-state index in [0.717, 1.165) is 12.1 Å². The molecule has 0 unspecified atom stereocenters.